The van der Waals surface area contributed by atoms with Gasteiger partial charge in [-0.05, 0) is 41.0 Å². The SMILES string of the molecule is CC(C)(C)c1ccc(OCCCC(=O)N2CCN(C(=O)c3cccs3)CC2)cc1. The van der Waals surface area contributed by atoms with Crippen molar-refractivity contribution in [2.75, 3.05) is 32.8 Å². The molecule has 1 fully saturated rings. The highest BCUT2D eigenvalue weighted by Crippen LogP contribution is 2.24. The van der Waals surface area contributed by atoms with Gasteiger partial charge < -0.3 is 14.5 Å². The number of benzene rings is 1. The fraction of sp³-hybridized carbons (Fsp3) is 0.478. The first kappa shape index (κ1) is 21.4. The number of thiophene rings is 1. The van der Waals surface area contributed by atoms with Crippen molar-refractivity contribution in [1.29, 1.82) is 0 Å². The number of hydrogen-bond donors (Lipinski definition) is 0. The lowest BCUT2D eigenvalue weighted by atomic mass is 9.87. The third-order valence-electron chi connectivity index (χ3n) is 5.18. The van der Waals surface area contributed by atoms with Gasteiger partial charge in [-0.15, -0.1) is 11.3 Å². The van der Waals surface area contributed by atoms with Crippen molar-refractivity contribution in [2.24, 2.45) is 0 Å². The van der Waals surface area contributed by atoms with E-state index in [2.05, 4.69) is 32.9 Å². The second kappa shape index (κ2) is 9.44. The smallest absolute Gasteiger partial charge is 0.264 e. The van der Waals surface area contributed by atoms with Crippen LogP contribution in [0.4, 0.5) is 0 Å². The van der Waals surface area contributed by atoms with E-state index in [1.165, 1.54) is 16.9 Å². The van der Waals surface area contributed by atoms with Crippen molar-refractivity contribution in [2.45, 2.75) is 39.0 Å². The van der Waals surface area contributed by atoms with Crippen LogP contribution in [0, 0.1) is 0 Å². The zero-order valence-electron chi connectivity index (χ0n) is 17.5. The molecule has 2 heterocycles. The zero-order chi connectivity index (χ0) is 20.9. The molecule has 1 aromatic carbocycles. The summed E-state index contributed by atoms with van der Waals surface area (Å²) in [6.07, 6.45) is 1.16. The molecular weight excluding hydrogens is 384 g/mol. The normalized spacial score (nSPS) is 14.7. The molecule has 0 radical (unpaired) electrons. The summed E-state index contributed by atoms with van der Waals surface area (Å²) in [6.45, 7) is 9.48. The van der Waals surface area contributed by atoms with E-state index in [9.17, 15) is 9.59 Å². The van der Waals surface area contributed by atoms with Crippen molar-refractivity contribution in [3.05, 3.63) is 52.2 Å². The Morgan fingerprint density at radius 3 is 2.24 bits per heavy atom. The van der Waals surface area contributed by atoms with Crippen LogP contribution in [-0.4, -0.2) is 54.4 Å². The maximum atomic E-state index is 12.4. The van der Waals surface area contributed by atoms with Crippen LogP contribution in [0.25, 0.3) is 0 Å². The van der Waals surface area contributed by atoms with Crippen LogP contribution in [0.3, 0.4) is 0 Å². The molecule has 2 aromatic rings. The molecule has 5 nitrogen and oxygen atoms in total. The lowest BCUT2D eigenvalue weighted by molar-refractivity contribution is -0.132. The van der Waals surface area contributed by atoms with Crippen LogP contribution < -0.4 is 4.74 Å². The number of amides is 2. The summed E-state index contributed by atoms with van der Waals surface area (Å²) in [4.78, 5) is 29.3. The van der Waals surface area contributed by atoms with Crippen LogP contribution in [-0.2, 0) is 10.2 Å². The van der Waals surface area contributed by atoms with E-state index in [0.717, 1.165) is 10.6 Å². The summed E-state index contributed by atoms with van der Waals surface area (Å²) in [6, 6.07) is 11.9. The number of rotatable bonds is 6. The van der Waals surface area contributed by atoms with Crippen LogP contribution >= 0.6 is 11.3 Å². The maximum absolute atomic E-state index is 12.4. The van der Waals surface area contributed by atoms with Crippen LogP contribution in [0.5, 0.6) is 5.75 Å². The van der Waals surface area contributed by atoms with Crippen molar-refractivity contribution < 1.29 is 14.3 Å². The molecule has 0 bridgehead atoms. The molecule has 29 heavy (non-hydrogen) atoms. The molecule has 0 N–H and O–H groups in total. The topological polar surface area (TPSA) is 49.9 Å². The summed E-state index contributed by atoms with van der Waals surface area (Å²) in [5.41, 5.74) is 1.40. The van der Waals surface area contributed by atoms with Gasteiger partial charge in [0.25, 0.3) is 5.91 Å². The summed E-state index contributed by atoms with van der Waals surface area (Å²) >= 11 is 1.46. The molecule has 3 rings (SSSR count). The van der Waals surface area contributed by atoms with Crippen LogP contribution in [0.2, 0.25) is 0 Å². The van der Waals surface area contributed by atoms with Gasteiger partial charge in [-0.1, -0.05) is 39.0 Å². The van der Waals surface area contributed by atoms with Crippen molar-refractivity contribution in [1.82, 2.24) is 9.80 Å². The van der Waals surface area contributed by atoms with E-state index in [0.29, 0.717) is 45.6 Å². The molecule has 156 valence electrons. The number of ether oxygens (including phenoxy) is 1. The molecule has 1 aliphatic heterocycles. The molecule has 2 amide bonds. The standard InChI is InChI=1S/C23H30N2O3S/c1-23(2,3)18-8-10-19(11-9-18)28-16-4-7-21(26)24-12-14-25(15-13-24)22(27)20-6-5-17-29-20/h5-6,8-11,17H,4,7,12-16H2,1-3H3. The Bertz CT molecular complexity index is 802. The van der Waals surface area contributed by atoms with E-state index in [1.54, 1.807) is 0 Å². The highest BCUT2D eigenvalue weighted by Gasteiger charge is 2.25. The third-order valence-corrected chi connectivity index (χ3v) is 6.03. The van der Waals surface area contributed by atoms with Crippen molar-refractivity contribution in [3.63, 3.8) is 0 Å². The van der Waals surface area contributed by atoms with Crippen molar-refractivity contribution >= 4 is 23.2 Å². The number of hydrogen-bond acceptors (Lipinski definition) is 4. The summed E-state index contributed by atoms with van der Waals surface area (Å²) in [7, 11) is 0. The van der Waals surface area contributed by atoms with Gasteiger partial charge >= 0.3 is 0 Å². The first-order valence-corrected chi connectivity index (χ1v) is 11.1. The van der Waals surface area contributed by atoms with Gasteiger partial charge in [0.15, 0.2) is 0 Å². The minimum atomic E-state index is 0.0676. The second-order valence-electron chi connectivity index (χ2n) is 8.38. The molecule has 0 unspecified atom stereocenters. The van der Waals surface area contributed by atoms with E-state index in [-0.39, 0.29) is 17.2 Å². The number of nitrogens with zero attached hydrogens (tertiary/aromatic N) is 2. The minimum Gasteiger partial charge on any atom is -0.494 e. The van der Waals surface area contributed by atoms with Gasteiger partial charge in [0.1, 0.15) is 5.75 Å². The molecule has 0 saturated carbocycles. The van der Waals surface area contributed by atoms with Crippen molar-refractivity contribution in [3.8, 4) is 5.75 Å². The Labute approximate surface area is 177 Å². The first-order valence-electron chi connectivity index (χ1n) is 10.2. The monoisotopic (exact) mass is 414 g/mol. The lowest BCUT2D eigenvalue weighted by Gasteiger charge is -2.34. The molecule has 1 aliphatic rings. The Morgan fingerprint density at radius 1 is 1.00 bits per heavy atom. The van der Waals surface area contributed by atoms with E-state index < -0.39 is 0 Å². The Morgan fingerprint density at radius 2 is 1.66 bits per heavy atom. The van der Waals surface area contributed by atoms with Gasteiger partial charge in [-0.2, -0.15) is 0 Å². The minimum absolute atomic E-state index is 0.0676. The summed E-state index contributed by atoms with van der Waals surface area (Å²) in [5, 5.41) is 1.91. The largest absolute Gasteiger partial charge is 0.494 e. The molecule has 1 aromatic heterocycles. The molecule has 0 atom stereocenters. The maximum Gasteiger partial charge on any atom is 0.264 e. The number of carbonyl (C=O) groups excluding carboxylic acids is 2. The Kier molecular flexibility index (Phi) is 6.96. The van der Waals surface area contributed by atoms with Crippen LogP contribution in [0.15, 0.2) is 41.8 Å². The average molecular weight is 415 g/mol. The van der Waals surface area contributed by atoms with E-state index in [4.69, 9.17) is 4.74 Å². The first-order chi connectivity index (χ1) is 13.8. The van der Waals surface area contributed by atoms with Gasteiger partial charge in [-0.3, -0.25) is 9.59 Å². The van der Waals surface area contributed by atoms with E-state index >= 15 is 0 Å². The average Bonchev–Trinajstić information content (AvgIpc) is 3.25. The zero-order valence-corrected chi connectivity index (χ0v) is 18.3. The quantitative estimate of drug-likeness (QED) is 0.666. The van der Waals surface area contributed by atoms with Gasteiger partial charge in [0.2, 0.25) is 5.91 Å². The number of piperazine rings is 1. The molecule has 0 aliphatic carbocycles. The predicted molar refractivity (Wildman–Crippen MR) is 117 cm³/mol. The Hall–Kier alpha value is -2.34. The second-order valence-corrected chi connectivity index (χ2v) is 9.32. The fourth-order valence-corrected chi connectivity index (χ4v) is 4.03. The summed E-state index contributed by atoms with van der Waals surface area (Å²) < 4.78 is 5.78. The molecule has 0 spiro atoms. The Balaban J connectivity index is 1.36. The molecule has 6 heteroatoms. The highest BCUT2D eigenvalue weighted by atomic mass is 32.1. The van der Waals surface area contributed by atoms with Gasteiger partial charge in [0, 0.05) is 32.6 Å². The van der Waals surface area contributed by atoms with Crippen LogP contribution in [0.1, 0.15) is 48.8 Å². The lowest BCUT2D eigenvalue weighted by Crippen LogP contribution is -2.50. The summed E-state index contributed by atoms with van der Waals surface area (Å²) in [5.74, 6) is 1.05. The molecule has 1 saturated heterocycles. The third kappa shape index (κ3) is 5.82. The van der Waals surface area contributed by atoms with E-state index in [1.807, 2.05) is 39.4 Å². The fourth-order valence-electron chi connectivity index (χ4n) is 3.34. The van der Waals surface area contributed by atoms with Gasteiger partial charge in [-0.25, -0.2) is 0 Å². The molecular formula is C23H30N2O3S. The number of carbonyl (C=O) groups is 2. The van der Waals surface area contributed by atoms with Gasteiger partial charge in [0.05, 0.1) is 11.5 Å². The highest BCUT2D eigenvalue weighted by molar-refractivity contribution is 7.12. The predicted octanol–water partition coefficient (Wildman–Crippen LogP) is 4.19.